The van der Waals surface area contributed by atoms with Crippen LogP contribution in [0.15, 0.2) is 24.4 Å². The summed E-state index contributed by atoms with van der Waals surface area (Å²) in [6.45, 7) is -0.413. The molecule has 0 saturated carbocycles. The molecule has 0 bridgehead atoms. The van der Waals surface area contributed by atoms with Crippen LogP contribution in [0.25, 0.3) is 21.5 Å². The predicted octanol–water partition coefficient (Wildman–Crippen LogP) is 4.00. The minimum Gasteiger partial charge on any atom is -0.465 e. The Bertz CT molecular complexity index is 1080. The quantitative estimate of drug-likeness (QED) is 0.637. The number of carbonyl (C=O) groups is 1. The lowest BCUT2D eigenvalue weighted by Crippen LogP contribution is -2.30. The summed E-state index contributed by atoms with van der Waals surface area (Å²) >= 11 is 1.16. The van der Waals surface area contributed by atoms with Crippen molar-refractivity contribution in [3.05, 3.63) is 40.5 Å². The Morgan fingerprint density at radius 2 is 2.23 bits per heavy atom. The monoisotopic (exact) mass is 373 g/mol. The Morgan fingerprint density at radius 1 is 1.42 bits per heavy atom. The molecule has 5 nitrogen and oxygen atoms in total. The third kappa shape index (κ3) is 2.65. The van der Waals surface area contributed by atoms with E-state index in [0.717, 1.165) is 22.4 Å². The van der Waals surface area contributed by atoms with Crippen molar-refractivity contribution in [3.63, 3.8) is 0 Å². The van der Waals surface area contributed by atoms with E-state index in [1.54, 1.807) is 10.6 Å². The summed E-state index contributed by atoms with van der Waals surface area (Å²) in [6.07, 6.45) is 1.51. The highest BCUT2D eigenvalue weighted by Gasteiger charge is 2.35. The number of fused-ring (bicyclic) bond motifs is 3. The van der Waals surface area contributed by atoms with Crippen molar-refractivity contribution in [2.24, 2.45) is 0 Å². The van der Waals surface area contributed by atoms with E-state index in [-0.39, 0.29) is 12.8 Å². The van der Waals surface area contributed by atoms with Gasteiger partial charge < -0.3 is 9.30 Å². The van der Waals surface area contributed by atoms with Gasteiger partial charge in [0.15, 0.2) is 0 Å². The van der Waals surface area contributed by atoms with Crippen LogP contribution in [0.1, 0.15) is 27.3 Å². The van der Waals surface area contributed by atoms with Gasteiger partial charge in [-0.1, -0.05) is 0 Å². The average Bonchev–Trinajstić information content (AvgIpc) is 3.24. The number of benzene rings is 1. The van der Waals surface area contributed by atoms with E-state index < -0.39 is 18.4 Å². The van der Waals surface area contributed by atoms with Gasteiger partial charge in [-0.25, -0.2) is 18.6 Å². The summed E-state index contributed by atoms with van der Waals surface area (Å²) in [7, 11) is 1.29. The number of hydrogen-bond acceptors (Lipinski definition) is 5. The topological polar surface area (TPSA) is 67.9 Å². The van der Waals surface area contributed by atoms with Gasteiger partial charge in [0, 0.05) is 23.1 Å². The largest absolute Gasteiger partial charge is 0.465 e. The maximum Gasteiger partial charge on any atom is 0.349 e. The summed E-state index contributed by atoms with van der Waals surface area (Å²) in [5.74, 6) is -3.24. The SMILES string of the molecule is COC(=O)c1cnc(-c2cc(C#N)c3c(c2)cc2n3CC(F)(F)CC2)s1. The summed E-state index contributed by atoms with van der Waals surface area (Å²) in [4.78, 5) is 16.2. The summed E-state index contributed by atoms with van der Waals surface area (Å²) in [6, 6.07) is 7.40. The number of halogens is 2. The van der Waals surface area contributed by atoms with Crippen molar-refractivity contribution < 1.29 is 18.3 Å². The molecule has 4 rings (SSSR count). The average molecular weight is 373 g/mol. The standard InChI is InChI=1S/C18H13F2N3O2S/c1-25-17(24)14-8-22-16(26-14)11-4-10-6-13-2-3-18(19,20)9-23(13)15(10)12(5-11)7-21/h4-6,8H,2-3,9H2,1H3. The van der Waals surface area contributed by atoms with Crippen LogP contribution < -0.4 is 0 Å². The van der Waals surface area contributed by atoms with Crippen LogP contribution in [-0.4, -0.2) is 28.6 Å². The van der Waals surface area contributed by atoms with Crippen LogP contribution in [-0.2, 0) is 17.7 Å². The molecule has 0 N–H and O–H groups in total. The highest BCUT2D eigenvalue weighted by molar-refractivity contribution is 7.16. The van der Waals surface area contributed by atoms with Crippen LogP contribution in [0.4, 0.5) is 8.78 Å². The molecule has 3 heterocycles. The van der Waals surface area contributed by atoms with Crippen molar-refractivity contribution in [2.75, 3.05) is 7.11 Å². The van der Waals surface area contributed by atoms with Crippen molar-refractivity contribution in [1.29, 1.82) is 5.26 Å². The molecule has 0 aliphatic carbocycles. The van der Waals surface area contributed by atoms with Crippen molar-refractivity contribution in [2.45, 2.75) is 25.3 Å². The molecule has 0 spiro atoms. The zero-order valence-corrected chi connectivity index (χ0v) is 14.6. The van der Waals surface area contributed by atoms with E-state index in [0.29, 0.717) is 26.5 Å². The summed E-state index contributed by atoms with van der Waals surface area (Å²) < 4.78 is 33.9. The van der Waals surface area contributed by atoms with E-state index in [4.69, 9.17) is 0 Å². The smallest absolute Gasteiger partial charge is 0.349 e. The zero-order valence-electron chi connectivity index (χ0n) is 13.8. The fourth-order valence-electron chi connectivity index (χ4n) is 3.29. The molecule has 0 radical (unpaired) electrons. The van der Waals surface area contributed by atoms with Gasteiger partial charge in [-0.05, 0) is 24.6 Å². The number of nitrogens with zero attached hydrogens (tertiary/aromatic N) is 3. The molecule has 1 aliphatic rings. The fraction of sp³-hybridized carbons (Fsp3) is 0.278. The number of aryl methyl sites for hydroxylation is 1. The molecule has 0 saturated heterocycles. The van der Waals surface area contributed by atoms with Crippen LogP contribution in [0, 0.1) is 11.3 Å². The second-order valence-corrected chi connectivity index (χ2v) is 7.20. The lowest BCUT2D eigenvalue weighted by Gasteiger charge is -2.25. The van der Waals surface area contributed by atoms with E-state index in [2.05, 4.69) is 15.8 Å². The first kappa shape index (κ1) is 16.7. The Morgan fingerprint density at radius 3 is 2.96 bits per heavy atom. The molecular weight excluding hydrogens is 360 g/mol. The third-order valence-corrected chi connectivity index (χ3v) is 5.50. The number of nitriles is 1. The molecule has 8 heteroatoms. The molecule has 132 valence electrons. The number of hydrogen-bond donors (Lipinski definition) is 0. The second-order valence-electron chi connectivity index (χ2n) is 6.17. The van der Waals surface area contributed by atoms with Crippen LogP contribution in [0.5, 0.6) is 0 Å². The molecule has 1 aliphatic heterocycles. The van der Waals surface area contributed by atoms with Crippen molar-refractivity contribution >= 4 is 28.2 Å². The molecule has 3 aromatic rings. The van der Waals surface area contributed by atoms with Gasteiger partial charge >= 0.3 is 5.97 Å². The highest BCUT2D eigenvalue weighted by atomic mass is 32.1. The number of carbonyl (C=O) groups excluding carboxylic acids is 1. The van der Waals surface area contributed by atoms with Gasteiger partial charge in [0.1, 0.15) is 16.0 Å². The normalized spacial score (nSPS) is 15.5. The fourth-order valence-corrected chi connectivity index (χ4v) is 4.11. The minimum absolute atomic E-state index is 0.187. The molecule has 0 atom stereocenters. The number of thiazole rings is 1. The van der Waals surface area contributed by atoms with Gasteiger partial charge in [0.2, 0.25) is 0 Å². The maximum absolute atomic E-state index is 13.8. The number of methoxy groups -OCH3 is 1. The first-order chi connectivity index (χ1) is 12.4. The molecule has 1 aromatic carbocycles. The first-order valence-corrected chi connectivity index (χ1v) is 8.72. The highest BCUT2D eigenvalue weighted by Crippen LogP contribution is 2.37. The lowest BCUT2D eigenvalue weighted by molar-refractivity contribution is -0.0329. The van der Waals surface area contributed by atoms with Gasteiger partial charge in [-0.2, -0.15) is 5.26 Å². The summed E-state index contributed by atoms with van der Waals surface area (Å²) in [5, 5.41) is 10.8. The van der Waals surface area contributed by atoms with E-state index in [1.807, 2.05) is 12.1 Å². The van der Waals surface area contributed by atoms with Crippen molar-refractivity contribution in [3.8, 4) is 16.6 Å². The Kier molecular flexibility index (Phi) is 3.77. The van der Waals surface area contributed by atoms with E-state index in [9.17, 15) is 18.8 Å². The number of rotatable bonds is 2. The maximum atomic E-state index is 13.8. The van der Waals surface area contributed by atoms with Crippen LogP contribution in [0.3, 0.4) is 0 Å². The Hall–Kier alpha value is -2.79. The van der Waals surface area contributed by atoms with Gasteiger partial charge in [0.05, 0.1) is 30.9 Å². The van der Waals surface area contributed by atoms with Gasteiger partial charge in [0.25, 0.3) is 5.92 Å². The number of ether oxygens (including phenoxy) is 1. The number of alkyl halides is 2. The second kappa shape index (κ2) is 5.88. The van der Waals surface area contributed by atoms with Gasteiger partial charge in [-0.15, -0.1) is 11.3 Å². The zero-order chi connectivity index (χ0) is 18.5. The molecule has 26 heavy (non-hydrogen) atoms. The predicted molar refractivity (Wildman–Crippen MR) is 92.4 cm³/mol. The molecular formula is C18H13F2N3O2S. The number of esters is 1. The molecule has 2 aromatic heterocycles. The summed E-state index contributed by atoms with van der Waals surface area (Å²) in [5.41, 5.74) is 2.31. The van der Waals surface area contributed by atoms with Crippen molar-refractivity contribution in [1.82, 2.24) is 9.55 Å². The van der Waals surface area contributed by atoms with Gasteiger partial charge in [-0.3, -0.25) is 0 Å². The molecule has 0 amide bonds. The van der Waals surface area contributed by atoms with Crippen LogP contribution in [0.2, 0.25) is 0 Å². The molecule has 0 unspecified atom stereocenters. The number of aromatic nitrogens is 2. The molecule has 0 fully saturated rings. The minimum atomic E-state index is -2.77. The Balaban J connectivity index is 1.86. The Labute approximate surface area is 151 Å². The van der Waals surface area contributed by atoms with E-state index in [1.165, 1.54) is 13.3 Å². The van der Waals surface area contributed by atoms with E-state index >= 15 is 0 Å². The first-order valence-electron chi connectivity index (χ1n) is 7.90. The lowest BCUT2D eigenvalue weighted by atomic mass is 10.1. The van der Waals surface area contributed by atoms with Crippen LogP contribution >= 0.6 is 11.3 Å². The third-order valence-electron chi connectivity index (χ3n) is 4.47.